The molecule has 0 bridgehead atoms. The molecule has 20 heavy (non-hydrogen) atoms. The molecule has 0 aliphatic heterocycles. The lowest BCUT2D eigenvalue weighted by molar-refractivity contribution is 0.197. The van der Waals surface area contributed by atoms with Gasteiger partial charge in [-0.05, 0) is 56.2 Å². The van der Waals surface area contributed by atoms with Crippen LogP contribution in [0.25, 0.3) is 0 Å². The monoisotopic (exact) mass is 277 g/mol. The van der Waals surface area contributed by atoms with Crippen LogP contribution in [0.3, 0.4) is 0 Å². The number of aryl methyl sites for hydroxylation is 3. The van der Waals surface area contributed by atoms with Gasteiger partial charge in [-0.3, -0.25) is 0 Å². The van der Waals surface area contributed by atoms with Gasteiger partial charge in [-0.25, -0.2) is 0 Å². The van der Waals surface area contributed by atoms with Crippen molar-refractivity contribution in [2.75, 3.05) is 26.8 Å². The van der Waals surface area contributed by atoms with Gasteiger partial charge in [0.1, 0.15) is 0 Å². The number of benzene rings is 1. The fourth-order valence-electron chi connectivity index (χ4n) is 2.45. The van der Waals surface area contributed by atoms with Crippen molar-refractivity contribution in [1.82, 2.24) is 5.32 Å². The van der Waals surface area contributed by atoms with E-state index in [1.54, 1.807) is 7.11 Å². The molecule has 0 aliphatic rings. The predicted molar refractivity (Wildman–Crippen MR) is 87.4 cm³/mol. The molecule has 114 valence electrons. The molecule has 0 saturated carbocycles. The van der Waals surface area contributed by atoms with Gasteiger partial charge in [-0.1, -0.05) is 37.6 Å². The van der Waals surface area contributed by atoms with Gasteiger partial charge in [0.2, 0.25) is 0 Å². The van der Waals surface area contributed by atoms with Gasteiger partial charge < -0.3 is 10.1 Å². The average Bonchev–Trinajstić information content (AvgIpc) is 2.37. The summed E-state index contributed by atoms with van der Waals surface area (Å²) in [5.41, 5.74) is 4.67. The number of rotatable bonds is 9. The van der Waals surface area contributed by atoms with Gasteiger partial charge in [-0.15, -0.1) is 0 Å². The molecule has 0 amide bonds. The van der Waals surface area contributed by atoms with Crippen molar-refractivity contribution < 1.29 is 4.74 Å². The van der Waals surface area contributed by atoms with E-state index >= 15 is 0 Å². The van der Waals surface area contributed by atoms with Crippen LogP contribution in [0.4, 0.5) is 0 Å². The SMILES string of the molecule is COCCNCCC(C)(C)CCc1ccc(C)cc1C. The molecule has 0 saturated heterocycles. The van der Waals surface area contributed by atoms with Gasteiger partial charge in [-0.2, -0.15) is 0 Å². The third-order valence-electron chi connectivity index (χ3n) is 4.03. The zero-order valence-corrected chi connectivity index (χ0v) is 13.9. The Morgan fingerprint density at radius 1 is 1.10 bits per heavy atom. The van der Waals surface area contributed by atoms with Gasteiger partial charge in [0.05, 0.1) is 6.61 Å². The van der Waals surface area contributed by atoms with Crippen LogP contribution < -0.4 is 5.32 Å². The summed E-state index contributed by atoms with van der Waals surface area (Å²) in [6.45, 7) is 11.9. The molecular formula is C18H31NO. The molecule has 0 unspecified atom stereocenters. The predicted octanol–water partition coefficient (Wildman–Crippen LogP) is 3.89. The fraction of sp³-hybridized carbons (Fsp3) is 0.667. The van der Waals surface area contributed by atoms with E-state index in [4.69, 9.17) is 4.74 Å². The van der Waals surface area contributed by atoms with Gasteiger partial charge in [0.15, 0.2) is 0 Å². The van der Waals surface area contributed by atoms with E-state index in [9.17, 15) is 0 Å². The highest BCUT2D eigenvalue weighted by Crippen LogP contribution is 2.27. The molecule has 1 N–H and O–H groups in total. The Kier molecular flexibility index (Phi) is 7.25. The van der Waals surface area contributed by atoms with Crippen molar-refractivity contribution >= 4 is 0 Å². The van der Waals surface area contributed by atoms with Crippen LogP contribution in [0.1, 0.15) is 43.4 Å². The van der Waals surface area contributed by atoms with Crippen molar-refractivity contribution in [2.45, 2.75) is 47.0 Å². The minimum atomic E-state index is 0.386. The molecular weight excluding hydrogens is 246 g/mol. The largest absolute Gasteiger partial charge is 0.383 e. The highest BCUT2D eigenvalue weighted by Gasteiger charge is 2.17. The second kappa shape index (κ2) is 8.43. The van der Waals surface area contributed by atoms with Crippen molar-refractivity contribution in [3.05, 3.63) is 34.9 Å². The molecule has 2 nitrogen and oxygen atoms in total. The maximum atomic E-state index is 5.04. The Balaban J connectivity index is 2.34. The summed E-state index contributed by atoms with van der Waals surface area (Å²) in [5.74, 6) is 0. The van der Waals surface area contributed by atoms with Crippen LogP contribution in [0, 0.1) is 19.3 Å². The Labute approximate surface area is 124 Å². The third-order valence-corrected chi connectivity index (χ3v) is 4.03. The minimum Gasteiger partial charge on any atom is -0.383 e. The molecule has 0 radical (unpaired) electrons. The Hall–Kier alpha value is -0.860. The van der Waals surface area contributed by atoms with Crippen LogP contribution in [0.15, 0.2) is 18.2 Å². The molecule has 0 aromatic heterocycles. The number of hydrogen-bond donors (Lipinski definition) is 1. The van der Waals surface area contributed by atoms with Crippen molar-refractivity contribution in [2.24, 2.45) is 5.41 Å². The van der Waals surface area contributed by atoms with E-state index in [0.717, 1.165) is 19.7 Å². The van der Waals surface area contributed by atoms with Crippen LogP contribution in [0.2, 0.25) is 0 Å². The highest BCUT2D eigenvalue weighted by atomic mass is 16.5. The quantitative estimate of drug-likeness (QED) is 0.691. The summed E-state index contributed by atoms with van der Waals surface area (Å²) < 4.78 is 5.04. The van der Waals surface area contributed by atoms with Crippen LogP contribution >= 0.6 is 0 Å². The van der Waals surface area contributed by atoms with Gasteiger partial charge in [0, 0.05) is 13.7 Å². The zero-order chi connectivity index (χ0) is 15.0. The summed E-state index contributed by atoms with van der Waals surface area (Å²) in [7, 11) is 1.75. The van der Waals surface area contributed by atoms with Crippen LogP contribution in [-0.4, -0.2) is 26.8 Å². The number of ether oxygens (including phenoxy) is 1. The Morgan fingerprint density at radius 3 is 2.50 bits per heavy atom. The molecule has 1 rings (SSSR count). The van der Waals surface area contributed by atoms with Crippen molar-refractivity contribution in [3.8, 4) is 0 Å². The maximum absolute atomic E-state index is 5.04. The third kappa shape index (κ3) is 6.53. The summed E-state index contributed by atoms with van der Waals surface area (Å²) >= 11 is 0. The maximum Gasteiger partial charge on any atom is 0.0587 e. The summed E-state index contributed by atoms with van der Waals surface area (Å²) in [6, 6.07) is 6.80. The van der Waals surface area contributed by atoms with Crippen LogP contribution in [-0.2, 0) is 11.2 Å². The molecule has 2 heteroatoms. The smallest absolute Gasteiger partial charge is 0.0587 e. The standard InChI is InChI=1S/C18H31NO/c1-15-6-7-17(16(2)14-15)8-9-18(3,4)10-11-19-12-13-20-5/h6-7,14,19H,8-13H2,1-5H3. The van der Waals surface area contributed by atoms with Gasteiger partial charge >= 0.3 is 0 Å². The van der Waals surface area contributed by atoms with E-state index in [-0.39, 0.29) is 0 Å². The normalized spacial score (nSPS) is 11.8. The first kappa shape index (κ1) is 17.2. The first-order valence-electron chi connectivity index (χ1n) is 7.70. The molecule has 0 spiro atoms. The Morgan fingerprint density at radius 2 is 1.85 bits per heavy atom. The molecule has 0 fully saturated rings. The molecule has 0 atom stereocenters. The van der Waals surface area contributed by atoms with Crippen molar-refractivity contribution in [1.29, 1.82) is 0 Å². The van der Waals surface area contributed by atoms with Crippen molar-refractivity contribution in [3.63, 3.8) is 0 Å². The number of nitrogens with one attached hydrogen (secondary N) is 1. The molecule has 0 heterocycles. The van der Waals surface area contributed by atoms with E-state index in [1.165, 1.54) is 36.0 Å². The molecule has 0 aliphatic carbocycles. The topological polar surface area (TPSA) is 21.3 Å². The van der Waals surface area contributed by atoms with Crippen LogP contribution in [0.5, 0.6) is 0 Å². The summed E-state index contributed by atoms with van der Waals surface area (Å²) in [4.78, 5) is 0. The van der Waals surface area contributed by atoms with E-state index < -0.39 is 0 Å². The summed E-state index contributed by atoms with van der Waals surface area (Å²) in [6.07, 6.45) is 3.63. The lowest BCUT2D eigenvalue weighted by atomic mass is 9.82. The first-order chi connectivity index (χ1) is 9.44. The minimum absolute atomic E-state index is 0.386. The Bertz CT molecular complexity index is 398. The highest BCUT2D eigenvalue weighted by molar-refractivity contribution is 5.30. The van der Waals surface area contributed by atoms with E-state index in [1.807, 2.05) is 0 Å². The van der Waals surface area contributed by atoms with Gasteiger partial charge in [0.25, 0.3) is 0 Å². The molecule has 1 aromatic rings. The van der Waals surface area contributed by atoms with E-state index in [0.29, 0.717) is 5.41 Å². The number of hydrogen-bond acceptors (Lipinski definition) is 2. The first-order valence-corrected chi connectivity index (χ1v) is 7.70. The second-order valence-corrected chi connectivity index (χ2v) is 6.59. The lowest BCUT2D eigenvalue weighted by Crippen LogP contribution is -2.25. The summed E-state index contributed by atoms with van der Waals surface area (Å²) in [5, 5.41) is 3.43. The van der Waals surface area contributed by atoms with E-state index in [2.05, 4.69) is 51.2 Å². The zero-order valence-electron chi connectivity index (χ0n) is 13.9. The average molecular weight is 277 g/mol. The number of methoxy groups -OCH3 is 1. The fourth-order valence-corrected chi connectivity index (χ4v) is 2.45. The lowest BCUT2D eigenvalue weighted by Gasteiger charge is -2.25. The second-order valence-electron chi connectivity index (χ2n) is 6.59. The molecule has 1 aromatic carbocycles.